The number of fused-ring (bicyclic) bond motifs is 1. The van der Waals surface area contributed by atoms with Crippen LogP contribution in [0.2, 0.25) is 0 Å². The Morgan fingerprint density at radius 1 is 1.08 bits per heavy atom. The number of hydrogen-bond donors (Lipinski definition) is 0. The maximum Gasteiger partial charge on any atom is 0.416 e. The van der Waals surface area contributed by atoms with E-state index < -0.39 is 17.5 Å². The fraction of sp³-hybridized carbons (Fsp3) is 0.316. The van der Waals surface area contributed by atoms with Crippen molar-refractivity contribution in [1.29, 1.82) is 0 Å². The van der Waals surface area contributed by atoms with E-state index in [9.17, 15) is 22.8 Å². The maximum atomic E-state index is 12.8. The molecule has 0 atom stereocenters. The van der Waals surface area contributed by atoms with Gasteiger partial charge in [0.25, 0.3) is 0 Å². The van der Waals surface area contributed by atoms with E-state index in [4.69, 9.17) is 0 Å². The second kappa shape index (κ2) is 6.10. The van der Waals surface area contributed by atoms with Gasteiger partial charge < -0.3 is 0 Å². The Hall–Kier alpha value is -2.50. The Bertz CT molecular complexity index is 868. The second-order valence-corrected chi connectivity index (χ2v) is 6.20. The summed E-state index contributed by atoms with van der Waals surface area (Å²) in [4.78, 5) is 29.4. The van der Waals surface area contributed by atoms with Crippen molar-refractivity contribution in [2.45, 2.75) is 39.3 Å². The molecular weight excluding hydrogens is 331 g/mol. The lowest BCUT2D eigenvalue weighted by atomic mass is 9.86. The minimum atomic E-state index is -4.45. The van der Waals surface area contributed by atoms with Crippen molar-refractivity contribution in [3.05, 3.63) is 63.5 Å². The van der Waals surface area contributed by atoms with Gasteiger partial charge in [0.2, 0.25) is 0 Å². The molecular formula is C19H16F3NO2. The van der Waals surface area contributed by atoms with Gasteiger partial charge in [-0.05, 0) is 44.4 Å². The SMILES string of the molecule is Cc1nc2c(c(C)c1C(=O)c1ccc(C(F)(F)F)cc1)C(=O)CCC2. The average Bonchev–Trinajstić information content (AvgIpc) is 2.53. The number of halogens is 3. The van der Waals surface area contributed by atoms with Crippen molar-refractivity contribution in [1.82, 2.24) is 4.98 Å². The predicted octanol–water partition coefficient (Wildman–Crippen LogP) is 4.47. The van der Waals surface area contributed by atoms with E-state index >= 15 is 0 Å². The molecule has 0 radical (unpaired) electrons. The lowest BCUT2D eigenvalue weighted by Crippen LogP contribution is -2.19. The van der Waals surface area contributed by atoms with Crippen molar-refractivity contribution in [3.63, 3.8) is 0 Å². The standard InChI is InChI=1S/C19H16F3NO2/c1-10-16(11(2)23-14-4-3-5-15(24)17(10)14)18(25)12-6-8-13(9-7-12)19(20,21)22/h6-9H,3-5H2,1-2H3. The number of rotatable bonds is 2. The molecule has 0 N–H and O–H groups in total. The van der Waals surface area contributed by atoms with Crippen LogP contribution in [0.1, 0.15) is 61.6 Å². The molecule has 0 aliphatic heterocycles. The van der Waals surface area contributed by atoms with Gasteiger partial charge in [-0.15, -0.1) is 0 Å². The molecule has 1 heterocycles. The highest BCUT2D eigenvalue weighted by molar-refractivity contribution is 6.12. The number of Topliss-reactive ketones (excluding diaryl/α,β-unsaturated/α-hetero) is 1. The highest BCUT2D eigenvalue weighted by Gasteiger charge is 2.31. The lowest BCUT2D eigenvalue weighted by Gasteiger charge is -2.20. The quantitative estimate of drug-likeness (QED) is 0.753. The number of nitrogens with zero attached hydrogens (tertiary/aromatic N) is 1. The number of carbonyl (C=O) groups is 2. The van der Waals surface area contributed by atoms with E-state index in [0.29, 0.717) is 40.9 Å². The van der Waals surface area contributed by atoms with Crippen LogP contribution in [0.3, 0.4) is 0 Å². The monoisotopic (exact) mass is 347 g/mol. The van der Waals surface area contributed by atoms with Gasteiger partial charge >= 0.3 is 6.18 Å². The van der Waals surface area contributed by atoms with Crippen LogP contribution < -0.4 is 0 Å². The fourth-order valence-electron chi connectivity index (χ4n) is 3.31. The molecule has 1 aromatic carbocycles. The predicted molar refractivity (Wildman–Crippen MR) is 85.9 cm³/mol. The largest absolute Gasteiger partial charge is 0.416 e. The summed E-state index contributed by atoms with van der Waals surface area (Å²) >= 11 is 0. The Labute approximate surface area is 142 Å². The molecule has 0 amide bonds. The molecule has 2 aromatic rings. The molecule has 0 unspecified atom stereocenters. The number of aromatic nitrogens is 1. The van der Waals surface area contributed by atoms with Gasteiger partial charge in [0, 0.05) is 28.8 Å². The van der Waals surface area contributed by atoms with Crippen molar-refractivity contribution in [3.8, 4) is 0 Å². The van der Waals surface area contributed by atoms with Crippen LogP contribution in [-0.2, 0) is 12.6 Å². The van der Waals surface area contributed by atoms with Crippen molar-refractivity contribution >= 4 is 11.6 Å². The van der Waals surface area contributed by atoms with Gasteiger partial charge in [0.15, 0.2) is 11.6 Å². The van der Waals surface area contributed by atoms with Crippen molar-refractivity contribution in [2.75, 3.05) is 0 Å². The van der Waals surface area contributed by atoms with E-state index in [2.05, 4.69) is 4.98 Å². The average molecular weight is 347 g/mol. The lowest BCUT2D eigenvalue weighted by molar-refractivity contribution is -0.137. The smallest absolute Gasteiger partial charge is 0.294 e. The first-order valence-electron chi connectivity index (χ1n) is 7.95. The molecule has 6 heteroatoms. The van der Waals surface area contributed by atoms with Crippen LogP contribution in [-0.4, -0.2) is 16.6 Å². The van der Waals surface area contributed by atoms with Crippen LogP contribution in [0, 0.1) is 13.8 Å². The van der Waals surface area contributed by atoms with Gasteiger partial charge in [-0.1, -0.05) is 12.1 Å². The molecule has 3 nitrogen and oxygen atoms in total. The van der Waals surface area contributed by atoms with Crippen molar-refractivity contribution < 1.29 is 22.8 Å². The number of ketones is 2. The third-order valence-electron chi connectivity index (χ3n) is 4.50. The summed E-state index contributed by atoms with van der Waals surface area (Å²) in [5.41, 5.74) is 1.89. The Morgan fingerprint density at radius 3 is 2.32 bits per heavy atom. The minimum absolute atomic E-state index is 0.0345. The summed E-state index contributed by atoms with van der Waals surface area (Å²) in [6.45, 7) is 3.39. The van der Waals surface area contributed by atoms with E-state index in [-0.39, 0.29) is 11.3 Å². The van der Waals surface area contributed by atoms with Crippen LogP contribution >= 0.6 is 0 Å². The zero-order chi connectivity index (χ0) is 18.4. The fourth-order valence-corrected chi connectivity index (χ4v) is 3.31. The molecule has 0 saturated carbocycles. The summed E-state index contributed by atoms with van der Waals surface area (Å²) in [7, 11) is 0. The van der Waals surface area contributed by atoms with Crippen molar-refractivity contribution in [2.24, 2.45) is 0 Å². The molecule has 25 heavy (non-hydrogen) atoms. The zero-order valence-electron chi connectivity index (χ0n) is 13.8. The van der Waals surface area contributed by atoms with Crippen LogP contribution in [0.4, 0.5) is 13.2 Å². The molecule has 1 aromatic heterocycles. The maximum absolute atomic E-state index is 12.8. The van der Waals surface area contributed by atoms with Gasteiger partial charge in [-0.2, -0.15) is 13.2 Å². The summed E-state index contributed by atoms with van der Waals surface area (Å²) in [6.07, 6.45) is -2.60. The van der Waals surface area contributed by atoms with Crippen LogP contribution in [0.25, 0.3) is 0 Å². The number of benzene rings is 1. The molecule has 0 bridgehead atoms. The zero-order valence-corrected chi connectivity index (χ0v) is 13.8. The molecule has 0 spiro atoms. The second-order valence-electron chi connectivity index (χ2n) is 6.20. The van der Waals surface area contributed by atoms with E-state index in [1.165, 1.54) is 0 Å². The number of aryl methyl sites for hydroxylation is 2. The first-order valence-corrected chi connectivity index (χ1v) is 7.95. The Kier molecular flexibility index (Phi) is 4.22. The highest BCUT2D eigenvalue weighted by Crippen LogP contribution is 2.31. The third-order valence-corrected chi connectivity index (χ3v) is 4.50. The van der Waals surface area contributed by atoms with Gasteiger partial charge in [0.05, 0.1) is 11.3 Å². The topological polar surface area (TPSA) is 47.0 Å². The number of pyridine rings is 1. The van der Waals surface area contributed by atoms with E-state index in [1.807, 2.05) is 0 Å². The van der Waals surface area contributed by atoms with Gasteiger partial charge in [-0.3, -0.25) is 14.6 Å². The Balaban J connectivity index is 2.06. The molecule has 0 saturated heterocycles. The first kappa shape index (κ1) is 17.3. The minimum Gasteiger partial charge on any atom is -0.294 e. The molecule has 3 rings (SSSR count). The molecule has 1 aliphatic rings. The Morgan fingerprint density at radius 2 is 1.72 bits per heavy atom. The third kappa shape index (κ3) is 3.08. The van der Waals surface area contributed by atoms with E-state index in [1.54, 1.807) is 13.8 Å². The molecule has 130 valence electrons. The first-order chi connectivity index (χ1) is 11.7. The van der Waals surface area contributed by atoms with Crippen LogP contribution in [0.5, 0.6) is 0 Å². The molecule has 1 aliphatic carbocycles. The van der Waals surface area contributed by atoms with Gasteiger partial charge in [0.1, 0.15) is 0 Å². The normalized spacial score (nSPS) is 14.4. The van der Waals surface area contributed by atoms with Gasteiger partial charge in [-0.25, -0.2) is 0 Å². The summed E-state index contributed by atoms with van der Waals surface area (Å²) in [5.74, 6) is -0.454. The van der Waals surface area contributed by atoms with Crippen LogP contribution in [0.15, 0.2) is 24.3 Å². The summed E-state index contributed by atoms with van der Waals surface area (Å²) in [5, 5.41) is 0. The summed E-state index contributed by atoms with van der Waals surface area (Å²) < 4.78 is 38.0. The summed E-state index contributed by atoms with van der Waals surface area (Å²) in [6, 6.07) is 4.08. The highest BCUT2D eigenvalue weighted by atomic mass is 19.4. The number of carbonyl (C=O) groups excluding carboxylic acids is 2. The molecule has 0 fully saturated rings. The number of alkyl halides is 3. The number of hydrogen-bond acceptors (Lipinski definition) is 3. The van der Waals surface area contributed by atoms with E-state index in [0.717, 1.165) is 30.7 Å².